The number of rotatable bonds is 7. The number of carbonyl (C=O) groups excluding carboxylic acids is 2. The van der Waals surface area contributed by atoms with Gasteiger partial charge in [0.05, 0.1) is 5.41 Å². The van der Waals surface area contributed by atoms with Crippen molar-refractivity contribution in [3.8, 4) is 0 Å². The zero-order valence-electron chi connectivity index (χ0n) is 12.7. The average Bonchev–Trinajstić information content (AvgIpc) is 2.48. The molecule has 0 aromatic heterocycles. The minimum Gasteiger partial charge on any atom is -0.375 e. The first kappa shape index (κ1) is 17.1. The first-order valence-electron chi connectivity index (χ1n) is 6.85. The number of anilines is 2. The molecule has 6 nitrogen and oxygen atoms in total. The molecule has 0 aliphatic carbocycles. The summed E-state index contributed by atoms with van der Waals surface area (Å²) in [6.07, 6.45) is 0.667. The summed E-state index contributed by atoms with van der Waals surface area (Å²) in [5.41, 5.74) is 6.39. The van der Waals surface area contributed by atoms with Gasteiger partial charge in [0.1, 0.15) is 6.61 Å². The maximum Gasteiger partial charge on any atom is 0.250 e. The Labute approximate surface area is 125 Å². The van der Waals surface area contributed by atoms with Gasteiger partial charge in [0.2, 0.25) is 11.8 Å². The number of hydrogen-bond acceptors (Lipinski definition) is 4. The highest BCUT2D eigenvalue weighted by molar-refractivity contribution is 5.96. The quantitative estimate of drug-likeness (QED) is 0.711. The molecule has 21 heavy (non-hydrogen) atoms. The van der Waals surface area contributed by atoms with E-state index in [1.54, 1.807) is 24.3 Å². The molecule has 1 unspecified atom stereocenters. The molecule has 1 aromatic carbocycles. The molecule has 0 aliphatic rings. The summed E-state index contributed by atoms with van der Waals surface area (Å²) in [7, 11) is 1.46. The molecular formula is C15H23N3O3. The first-order chi connectivity index (χ1) is 9.95. The van der Waals surface area contributed by atoms with E-state index in [0.29, 0.717) is 24.3 Å². The van der Waals surface area contributed by atoms with Crippen molar-refractivity contribution in [2.24, 2.45) is 11.1 Å². The number of nitrogens with one attached hydrogen (secondary N) is 2. The van der Waals surface area contributed by atoms with Crippen LogP contribution in [0.3, 0.4) is 0 Å². The Morgan fingerprint density at radius 2 is 1.71 bits per heavy atom. The van der Waals surface area contributed by atoms with Gasteiger partial charge >= 0.3 is 0 Å². The minimum atomic E-state index is -0.578. The maximum absolute atomic E-state index is 12.2. The van der Waals surface area contributed by atoms with Crippen LogP contribution in [0.1, 0.15) is 20.3 Å². The standard InChI is InChI=1S/C15H23N3O3/c1-4-15(2,10-16)14(20)18-12-7-5-11(6-8-12)17-13(19)9-21-3/h5-8H,4,9-10,16H2,1-3H3,(H,17,19)(H,18,20). The Kier molecular flexibility index (Phi) is 6.33. The number of amides is 2. The summed E-state index contributed by atoms with van der Waals surface area (Å²) in [4.78, 5) is 23.5. The van der Waals surface area contributed by atoms with Gasteiger partial charge in [-0.05, 0) is 37.6 Å². The fraction of sp³-hybridized carbons (Fsp3) is 0.467. The van der Waals surface area contributed by atoms with Gasteiger partial charge in [0, 0.05) is 25.0 Å². The summed E-state index contributed by atoms with van der Waals surface area (Å²) in [5, 5.41) is 5.51. The van der Waals surface area contributed by atoms with Crippen LogP contribution < -0.4 is 16.4 Å². The third-order valence-corrected chi connectivity index (χ3v) is 3.48. The van der Waals surface area contributed by atoms with Crippen molar-refractivity contribution in [3.63, 3.8) is 0 Å². The number of hydrogen-bond donors (Lipinski definition) is 3. The summed E-state index contributed by atoms with van der Waals surface area (Å²) < 4.78 is 4.73. The number of ether oxygens (including phenoxy) is 1. The van der Waals surface area contributed by atoms with Crippen molar-refractivity contribution in [1.82, 2.24) is 0 Å². The Bertz CT molecular complexity index is 481. The Balaban J connectivity index is 2.66. The molecule has 0 fully saturated rings. The predicted octanol–water partition coefficient (Wildman–Crippen LogP) is 1.58. The molecular weight excluding hydrogens is 270 g/mol. The van der Waals surface area contributed by atoms with E-state index in [0.717, 1.165) is 0 Å². The van der Waals surface area contributed by atoms with Crippen molar-refractivity contribution in [2.45, 2.75) is 20.3 Å². The second-order valence-electron chi connectivity index (χ2n) is 5.13. The lowest BCUT2D eigenvalue weighted by atomic mass is 9.86. The van der Waals surface area contributed by atoms with Crippen molar-refractivity contribution < 1.29 is 14.3 Å². The van der Waals surface area contributed by atoms with E-state index in [1.165, 1.54) is 7.11 Å². The Hall–Kier alpha value is -1.92. The van der Waals surface area contributed by atoms with Crippen LogP contribution in [-0.4, -0.2) is 32.1 Å². The van der Waals surface area contributed by atoms with Crippen molar-refractivity contribution in [3.05, 3.63) is 24.3 Å². The van der Waals surface area contributed by atoms with E-state index >= 15 is 0 Å². The van der Waals surface area contributed by atoms with E-state index < -0.39 is 5.41 Å². The molecule has 0 spiro atoms. The monoisotopic (exact) mass is 293 g/mol. The maximum atomic E-state index is 12.2. The van der Waals surface area contributed by atoms with Gasteiger partial charge in [0.25, 0.3) is 0 Å². The number of methoxy groups -OCH3 is 1. The van der Waals surface area contributed by atoms with Crippen molar-refractivity contribution in [2.75, 3.05) is 30.9 Å². The molecule has 4 N–H and O–H groups in total. The van der Waals surface area contributed by atoms with Crippen molar-refractivity contribution >= 4 is 23.2 Å². The van der Waals surface area contributed by atoms with Gasteiger partial charge in [-0.15, -0.1) is 0 Å². The van der Waals surface area contributed by atoms with Crippen LogP contribution in [0.2, 0.25) is 0 Å². The SMILES string of the molecule is CCC(C)(CN)C(=O)Nc1ccc(NC(=O)COC)cc1. The zero-order valence-corrected chi connectivity index (χ0v) is 12.7. The van der Waals surface area contributed by atoms with Crippen LogP contribution in [0.5, 0.6) is 0 Å². The predicted molar refractivity (Wildman–Crippen MR) is 83.0 cm³/mol. The van der Waals surface area contributed by atoms with Crippen LogP contribution in [0.4, 0.5) is 11.4 Å². The van der Waals surface area contributed by atoms with Crippen LogP contribution >= 0.6 is 0 Å². The van der Waals surface area contributed by atoms with E-state index in [9.17, 15) is 9.59 Å². The second-order valence-corrected chi connectivity index (χ2v) is 5.13. The number of carbonyl (C=O) groups is 2. The lowest BCUT2D eigenvalue weighted by molar-refractivity contribution is -0.124. The third kappa shape index (κ3) is 4.84. The van der Waals surface area contributed by atoms with E-state index in [1.807, 2.05) is 13.8 Å². The largest absolute Gasteiger partial charge is 0.375 e. The van der Waals surface area contributed by atoms with Gasteiger partial charge in [-0.25, -0.2) is 0 Å². The Morgan fingerprint density at radius 1 is 1.19 bits per heavy atom. The Morgan fingerprint density at radius 3 is 2.14 bits per heavy atom. The van der Waals surface area contributed by atoms with Crippen LogP contribution in [0.15, 0.2) is 24.3 Å². The minimum absolute atomic E-state index is 0.00381. The molecule has 1 rings (SSSR count). The van der Waals surface area contributed by atoms with Gasteiger partial charge in [-0.3, -0.25) is 9.59 Å². The molecule has 1 atom stereocenters. The third-order valence-electron chi connectivity index (χ3n) is 3.48. The molecule has 0 radical (unpaired) electrons. The van der Waals surface area contributed by atoms with E-state index in [2.05, 4.69) is 10.6 Å². The molecule has 0 aliphatic heterocycles. The van der Waals surface area contributed by atoms with Gasteiger partial charge in [-0.1, -0.05) is 6.92 Å². The second kappa shape index (κ2) is 7.75. The molecule has 0 bridgehead atoms. The number of nitrogens with two attached hydrogens (primary N) is 1. The fourth-order valence-electron chi connectivity index (χ4n) is 1.64. The fourth-order valence-corrected chi connectivity index (χ4v) is 1.64. The first-order valence-corrected chi connectivity index (χ1v) is 6.85. The van der Waals surface area contributed by atoms with Crippen LogP contribution in [0, 0.1) is 5.41 Å². The van der Waals surface area contributed by atoms with Gasteiger partial charge in [0.15, 0.2) is 0 Å². The normalized spacial score (nSPS) is 13.3. The molecule has 1 aromatic rings. The van der Waals surface area contributed by atoms with E-state index in [-0.39, 0.29) is 18.4 Å². The lowest BCUT2D eigenvalue weighted by Crippen LogP contribution is -2.39. The molecule has 6 heteroatoms. The molecule has 2 amide bonds. The molecule has 0 saturated carbocycles. The van der Waals surface area contributed by atoms with Gasteiger partial charge < -0.3 is 21.1 Å². The summed E-state index contributed by atoms with van der Waals surface area (Å²) >= 11 is 0. The zero-order chi connectivity index (χ0) is 15.9. The molecule has 0 saturated heterocycles. The molecule has 116 valence electrons. The van der Waals surface area contributed by atoms with Crippen molar-refractivity contribution in [1.29, 1.82) is 0 Å². The van der Waals surface area contributed by atoms with Gasteiger partial charge in [-0.2, -0.15) is 0 Å². The lowest BCUT2D eigenvalue weighted by Gasteiger charge is -2.25. The summed E-state index contributed by atoms with van der Waals surface area (Å²) in [5.74, 6) is -0.334. The van der Waals surface area contributed by atoms with Crippen LogP contribution in [0.25, 0.3) is 0 Å². The summed E-state index contributed by atoms with van der Waals surface area (Å²) in [6.45, 7) is 4.06. The smallest absolute Gasteiger partial charge is 0.250 e. The van der Waals surface area contributed by atoms with Crippen LogP contribution in [-0.2, 0) is 14.3 Å². The highest BCUT2D eigenvalue weighted by Gasteiger charge is 2.29. The summed E-state index contributed by atoms with van der Waals surface area (Å²) in [6, 6.07) is 6.89. The highest BCUT2D eigenvalue weighted by Crippen LogP contribution is 2.22. The average molecular weight is 293 g/mol. The number of benzene rings is 1. The highest BCUT2D eigenvalue weighted by atomic mass is 16.5. The topological polar surface area (TPSA) is 93.5 Å². The van der Waals surface area contributed by atoms with E-state index in [4.69, 9.17) is 10.5 Å². The molecule has 0 heterocycles.